The lowest BCUT2D eigenvalue weighted by Gasteiger charge is -1.86. The highest BCUT2D eigenvalue weighted by atomic mass is 79.9. The second kappa shape index (κ2) is 1.94. The lowest BCUT2D eigenvalue weighted by atomic mass is 10.4. The number of halogens is 1. The zero-order valence-electron chi connectivity index (χ0n) is 3.48. The summed E-state index contributed by atoms with van der Waals surface area (Å²) in [6.07, 6.45) is 1.18. The van der Waals surface area contributed by atoms with Crippen molar-refractivity contribution in [1.29, 1.82) is 0 Å². The predicted molar refractivity (Wildman–Crippen MR) is 28.2 cm³/mol. The zero-order chi connectivity index (χ0) is 4.41. The van der Waals surface area contributed by atoms with Crippen molar-refractivity contribution in [3.05, 3.63) is 0 Å². The largest absolute Gasteiger partial charge is 0.380 e. The maximum absolute atomic E-state index is 5.01. The molecular weight excluding hydrogens is 144 g/mol. The first-order valence-corrected chi connectivity index (χ1v) is 3.03. The van der Waals surface area contributed by atoms with Crippen LogP contribution in [0.3, 0.4) is 0 Å². The van der Waals surface area contributed by atoms with Crippen molar-refractivity contribution in [3.63, 3.8) is 0 Å². The van der Waals surface area contributed by atoms with E-state index in [4.69, 9.17) is 4.74 Å². The zero-order valence-corrected chi connectivity index (χ0v) is 5.07. The van der Waals surface area contributed by atoms with E-state index in [1.807, 2.05) is 0 Å². The third kappa shape index (κ3) is 0.949. The number of ether oxygens (including phenoxy) is 1. The van der Waals surface area contributed by atoms with Crippen molar-refractivity contribution in [2.24, 2.45) is 0 Å². The Morgan fingerprint density at radius 3 is 2.67 bits per heavy atom. The molecule has 1 atom stereocenters. The van der Waals surface area contributed by atoms with Gasteiger partial charge in [0.25, 0.3) is 0 Å². The van der Waals surface area contributed by atoms with E-state index in [1.165, 1.54) is 6.42 Å². The molecule has 2 heteroatoms. The summed E-state index contributed by atoms with van der Waals surface area (Å²) in [5, 5.41) is 0. The second-order valence-electron chi connectivity index (χ2n) is 1.46. The van der Waals surface area contributed by atoms with Crippen molar-refractivity contribution >= 4 is 15.9 Å². The van der Waals surface area contributed by atoms with Crippen LogP contribution in [0.15, 0.2) is 0 Å². The molecule has 0 aromatic carbocycles. The third-order valence-electron chi connectivity index (χ3n) is 0.874. The lowest BCUT2D eigenvalue weighted by molar-refractivity contribution is 0.199. The summed E-state index contributed by atoms with van der Waals surface area (Å²) in [7, 11) is 0. The quantitative estimate of drug-likeness (QED) is 0.472. The summed E-state index contributed by atoms with van der Waals surface area (Å²) >= 11 is 3.41. The standard InChI is InChI=1S/C4H7BrO/c5-4-1-2-6-3-4/h4H,1-3H2/t4-/m0/s1. The molecule has 1 heterocycles. The van der Waals surface area contributed by atoms with Crippen LogP contribution >= 0.6 is 15.9 Å². The van der Waals surface area contributed by atoms with E-state index in [-0.39, 0.29) is 0 Å². The number of hydrogen-bond donors (Lipinski definition) is 0. The first-order chi connectivity index (χ1) is 2.89. The van der Waals surface area contributed by atoms with Crippen molar-refractivity contribution in [3.8, 4) is 0 Å². The molecule has 0 saturated carbocycles. The van der Waals surface area contributed by atoms with Crippen LogP contribution < -0.4 is 0 Å². The van der Waals surface area contributed by atoms with Gasteiger partial charge in [0.1, 0.15) is 0 Å². The van der Waals surface area contributed by atoms with E-state index in [2.05, 4.69) is 15.9 Å². The first kappa shape index (κ1) is 4.60. The van der Waals surface area contributed by atoms with Crippen LogP contribution in [0.5, 0.6) is 0 Å². The molecule has 1 aliphatic heterocycles. The van der Waals surface area contributed by atoms with Gasteiger partial charge in [-0.2, -0.15) is 0 Å². The molecule has 36 valence electrons. The second-order valence-corrected chi connectivity index (χ2v) is 2.76. The van der Waals surface area contributed by atoms with Crippen LogP contribution in [0, 0.1) is 0 Å². The van der Waals surface area contributed by atoms with Gasteiger partial charge in [-0.25, -0.2) is 0 Å². The van der Waals surface area contributed by atoms with E-state index in [1.54, 1.807) is 0 Å². The Kier molecular flexibility index (Phi) is 1.48. The van der Waals surface area contributed by atoms with Gasteiger partial charge in [0.05, 0.1) is 6.61 Å². The molecule has 0 aromatic rings. The summed E-state index contributed by atoms with van der Waals surface area (Å²) < 4.78 is 5.01. The monoisotopic (exact) mass is 150 g/mol. The van der Waals surface area contributed by atoms with Gasteiger partial charge < -0.3 is 4.74 Å². The highest BCUT2D eigenvalue weighted by Gasteiger charge is 2.09. The van der Waals surface area contributed by atoms with Gasteiger partial charge >= 0.3 is 0 Å². The molecule has 1 aliphatic rings. The maximum Gasteiger partial charge on any atom is 0.0592 e. The average molecular weight is 151 g/mol. The minimum Gasteiger partial charge on any atom is -0.380 e. The van der Waals surface area contributed by atoms with Crippen LogP contribution in [-0.2, 0) is 4.74 Å². The molecule has 0 aliphatic carbocycles. The minimum atomic E-state index is 0.637. The van der Waals surface area contributed by atoms with Crippen LogP contribution in [0.4, 0.5) is 0 Å². The van der Waals surface area contributed by atoms with Crippen molar-refractivity contribution in [2.75, 3.05) is 13.2 Å². The molecule has 0 bridgehead atoms. The normalized spacial score (nSPS) is 34.5. The topological polar surface area (TPSA) is 9.23 Å². The highest BCUT2D eigenvalue weighted by Crippen LogP contribution is 2.11. The predicted octanol–water partition coefficient (Wildman–Crippen LogP) is 1.17. The number of alkyl halides is 1. The Morgan fingerprint density at radius 1 is 1.67 bits per heavy atom. The van der Waals surface area contributed by atoms with E-state index < -0.39 is 0 Å². The fourth-order valence-corrected chi connectivity index (χ4v) is 0.880. The molecule has 0 radical (unpaired) electrons. The van der Waals surface area contributed by atoms with Gasteiger partial charge in [-0.15, -0.1) is 0 Å². The van der Waals surface area contributed by atoms with Gasteiger partial charge in [0, 0.05) is 11.4 Å². The van der Waals surface area contributed by atoms with E-state index in [0.29, 0.717) is 4.83 Å². The van der Waals surface area contributed by atoms with Crippen LogP contribution in [-0.4, -0.2) is 18.0 Å². The van der Waals surface area contributed by atoms with Crippen LogP contribution in [0.1, 0.15) is 6.42 Å². The Hall–Kier alpha value is 0.440. The molecule has 0 unspecified atom stereocenters. The minimum absolute atomic E-state index is 0.637. The Morgan fingerprint density at radius 2 is 2.50 bits per heavy atom. The van der Waals surface area contributed by atoms with Gasteiger partial charge in [-0.1, -0.05) is 15.9 Å². The smallest absolute Gasteiger partial charge is 0.0592 e. The summed E-state index contributed by atoms with van der Waals surface area (Å²) in [6.45, 7) is 1.84. The number of hydrogen-bond acceptors (Lipinski definition) is 1. The number of rotatable bonds is 0. The third-order valence-corrected chi connectivity index (χ3v) is 1.60. The fraction of sp³-hybridized carbons (Fsp3) is 1.00. The summed E-state index contributed by atoms with van der Waals surface area (Å²) in [5.74, 6) is 0. The van der Waals surface area contributed by atoms with E-state index >= 15 is 0 Å². The summed E-state index contributed by atoms with van der Waals surface area (Å²) in [5.41, 5.74) is 0. The molecule has 1 saturated heterocycles. The van der Waals surface area contributed by atoms with Gasteiger partial charge in [-0.05, 0) is 6.42 Å². The molecule has 0 N–H and O–H groups in total. The molecule has 0 spiro atoms. The van der Waals surface area contributed by atoms with Crippen molar-refractivity contribution in [2.45, 2.75) is 11.2 Å². The Balaban J connectivity index is 2.18. The molecule has 6 heavy (non-hydrogen) atoms. The Bertz CT molecular complexity index is 40.8. The summed E-state index contributed by atoms with van der Waals surface area (Å²) in [4.78, 5) is 0.637. The highest BCUT2D eigenvalue weighted by molar-refractivity contribution is 9.09. The van der Waals surface area contributed by atoms with Crippen LogP contribution in [0.2, 0.25) is 0 Å². The average Bonchev–Trinajstić information content (AvgIpc) is 1.86. The van der Waals surface area contributed by atoms with Gasteiger partial charge in [0.2, 0.25) is 0 Å². The SMILES string of the molecule is Br[C@H]1CCOC1. The summed E-state index contributed by atoms with van der Waals surface area (Å²) in [6, 6.07) is 0. The van der Waals surface area contributed by atoms with E-state index in [0.717, 1.165) is 13.2 Å². The molecule has 0 aromatic heterocycles. The van der Waals surface area contributed by atoms with E-state index in [9.17, 15) is 0 Å². The fourth-order valence-electron chi connectivity index (χ4n) is 0.506. The van der Waals surface area contributed by atoms with Crippen LogP contribution in [0.25, 0.3) is 0 Å². The maximum atomic E-state index is 5.01. The first-order valence-electron chi connectivity index (χ1n) is 2.11. The van der Waals surface area contributed by atoms with Crippen molar-refractivity contribution < 1.29 is 4.74 Å². The lowest BCUT2D eigenvalue weighted by Crippen LogP contribution is -1.91. The van der Waals surface area contributed by atoms with Crippen molar-refractivity contribution in [1.82, 2.24) is 0 Å². The van der Waals surface area contributed by atoms with Gasteiger partial charge in [-0.3, -0.25) is 0 Å². The molecular formula is C4H7BrO. The van der Waals surface area contributed by atoms with Gasteiger partial charge in [0.15, 0.2) is 0 Å². The molecule has 1 nitrogen and oxygen atoms in total. The molecule has 0 amide bonds. The molecule has 1 fully saturated rings. The molecule has 1 rings (SSSR count). The Labute approximate surface area is 45.8 Å².